The van der Waals surface area contributed by atoms with Gasteiger partial charge in [-0.2, -0.15) is 0 Å². The van der Waals surface area contributed by atoms with E-state index in [-0.39, 0.29) is 5.57 Å². The summed E-state index contributed by atoms with van der Waals surface area (Å²) in [6, 6.07) is 14.2. The van der Waals surface area contributed by atoms with Gasteiger partial charge in [0.1, 0.15) is 5.75 Å². The molecule has 0 unspecified atom stereocenters. The molecule has 0 saturated heterocycles. The number of halogens is 1. The molecule has 0 aliphatic carbocycles. The highest BCUT2D eigenvalue weighted by atomic mass is 35.5. The summed E-state index contributed by atoms with van der Waals surface area (Å²) in [5.74, 6) is -0.354. The van der Waals surface area contributed by atoms with E-state index in [1.54, 1.807) is 36.4 Å². The number of ether oxygens (including phenoxy) is 1. The Hall–Kier alpha value is -2.26. The molecule has 0 radical (unpaired) electrons. The number of aliphatic carboxylic acids is 1. The van der Waals surface area contributed by atoms with Crippen LogP contribution in [-0.2, 0) is 4.79 Å². The van der Waals surface area contributed by atoms with Crippen LogP contribution in [0.4, 0.5) is 0 Å². The van der Waals surface area contributed by atoms with Crippen molar-refractivity contribution < 1.29 is 14.6 Å². The Bertz CT molecular complexity index is 693. The topological polar surface area (TPSA) is 46.5 Å². The molecule has 3 nitrogen and oxygen atoms in total. The van der Waals surface area contributed by atoms with E-state index in [0.717, 1.165) is 12.8 Å². The van der Waals surface area contributed by atoms with E-state index in [4.69, 9.17) is 16.3 Å². The largest absolute Gasteiger partial charge is 0.493 e. The third kappa shape index (κ3) is 4.86. The van der Waals surface area contributed by atoms with Crippen LogP contribution in [0.3, 0.4) is 0 Å². The van der Waals surface area contributed by atoms with E-state index in [2.05, 4.69) is 6.92 Å². The Labute approximate surface area is 141 Å². The molecule has 120 valence electrons. The molecule has 0 amide bonds. The summed E-state index contributed by atoms with van der Waals surface area (Å²) >= 11 is 6.05. The minimum absolute atomic E-state index is 0.202. The molecule has 0 heterocycles. The molecule has 2 aromatic carbocycles. The second kappa shape index (κ2) is 8.39. The Balaban J connectivity index is 2.41. The lowest BCUT2D eigenvalue weighted by Gasteiger charge is -2.10. The SMILES string of the molecule is CCCCOc1ccc(Cl)cc1/C=C(\C(=O)O)c1ccccc1. The zero-order valence-electron chi connectivity index (χ0n) is 13.0. The average Bonchev–Trinajstić information content (AvgIpc) is 2.55. The van der Waals surface area contributed by atoms with Crippen molar-refractivity contribution in [2.75, 3.05) is 6.61 Å². The molecule has 2 rings (SSSR count). The number of hydrogen-bond acceptors (Lipinski definition) is 2. The van der Waals surface area contributed by atoms with Gasteiger partial charge >= 0.3 is 5.97 Å². The van der Waals surface area contributed by atoms with Gasteiger partial charge in [-0.05, 0) is 36.3 Å². The molecule has 1 N–H and O–H groups in total. The molecule has 0 aliphatic rings. The number of carboxylic acid groups (broad SMARTS) is 1. The normalized spacial score (nSPS) is 11.3. The van der Waals surface area contributed by atoms with Crippen LogP contribution in [0.1, 0.15) is 30.9 Å². The van der Waals surface area contributed by atoms with Crippen molar-refractivity contribution in [3.63, 3.8) is 0 Å². The van der Waals surface area contributed by atoms with Gasteiger partial charge < -0.3 is 9.84 Å². The van der Waals surface area contributed by atoms with E-state index in [1.165, 1.54) is 0 Å². The predicted molar refractivity (Wildman–Crippen MR) is 93.8 cm³/mol. The van der Waals surface area contributed by atoms with E-state index >= 15 is 0 Å². The van der Waals surface area contributed by atoms with Crippen LogP contribution in [0.2, 0.25) is 5.02 Å². The number of carboxylic acids is 1. The van der Waals surface area contributed by atoms with Gasteiger partial charge in [-0.15, -0.1) is 0 Å². The summed E-state index contributed by atoms with van der Waals surface area (Å²) in [6.07, 6.45) is 3.57. The first-order chi connectivity index (χ1) is 11.1. The van der Waals surface area contributed by atoms with Gasteiger partial charge in [0.05, 0.1) is 12.2 Å². The molecule has 2 aromatic rings. The standard InChI is InChI=1S/C19H19ClO3/c1-2-3-11-23-18-10-9-16(20)12-15(18)13-17(19(21)22)14-7-5-4-6-8-14/h4-10,12-13H,2-3,11H2,1H3,(H,21,22)/b17-13-. The quantitative estimate of drug-likeness (QED) is 0.434. The molecule has 4 heteroatoms. The third-order valence-electron chi connectivity index (χ3n) is 3.34. The maximum atomic E-state index is 11.6. The fraction of sp³-hybridized carbons (Fsp3) is 0.211. The summed E-state index contributed by atoms with van der Waals surface area (Å²) in [4.78, 5) is 11.6. The molecule has 0 fully saturated rings. The second-order valence-corrected chi connectivity index (χ2v) is 5.55. The number of rotatable bonds is 7. The molecule has 0 spiro atoms. The molecule has 23 heavy (non-hydrogen) atoms. The average molecular weight is 331 g/mol. The number of hydrogen-bond donors (Lipinski definition) is 1. The highest BCUT2D eigenvalue weighted by Gasteiger charge is 2.12. The molecule has 0 aliphatic heterocycles. The Morgan fingerprint density at radius 2 is 1.96 bits per heavy atom. The van der Waals surface area contributed by atoms with E-state index in [0.29, 0.717) is 28.5 Å². The van der Waals surface area contributed by atoms with Crippen molar-refractivity contribution >= 4 is 29.2 Å². The minimum atomic E-state index is -0.990. The number of unbranched alkanes of at least 4 members (excludes halogenated alkanes) is 1. The van der Waals surface area contributed by atoms with Crippen LogP contribution in [0, 0.1) is 0 Å². The third-order valence-corrected chi connectivity index (χ3v) is 3.58. The monoisotopic (exact) mass is 330 g/mol. The van der Waals surface area contributed by atoms with Gasteiger partial charge in [0.2, 0.25) is 0 Å². The lowest BCUT2D eigenvalue weighted by molar-refractivity contribution is -0.130. The van der Waals surface area contributed by atoms with Gasteiger partial charge in [0, 0.05) is 10.6 Å². The van der Waals surface area contributed by atoms with Crippen LogP contribution >= 0.6 is 11.6 Å². The predicted octanol–water partition coefficient (Wildman–Crippen LogP) is 5.14. The summed E-state index contributed by atoms with van der Waals surface area (Å²) in [6.45, 7) is 2.68. The second-order valence-electron chi connectivity index (χ2n) is 5.11. The summed E-state index contributed by atoms with van der Waals surface area (Å²) < 4.78 is 5.75. The van der Waals surface area contributed by atoms with E-state index in [9.17, 15) is 9.90 Å². The van der Waals surface area contributed by atoms with Crippen molar-refractivity contribution in [2.24, 2.45) is 0 Å². The van der Waals surface area contributed by atoms with Crippen LogP contribution in [0.15, 0.2) is 48.5 Å². The number of benzene rings is 2. The molecular weight excluding hydrogens is 312 g/mol. The maximum absolute atomic E-state index is 11.6. The fourth-order valence-corrected chi connectivity index (χ4v) is 2.31. The van der Waals surface area contributed by atoms with Gasteiger partial charge in [0.15, 0.2) is 0 Å². The van der Waals surface area contributed by atoms with Crippen molar-refractivity contribution in [3.05, 3.63) is 64.7 Å². The van der Waals surface area contributed by atoms with E-state index in [1.807, 2.05) is 18.2 Å². The lowest BCUT2D eigenvalue weighted by atomic mass is 10.0. The fourth-order valence-electron chi connectivity index (χ4n) is 2.13. The minimum Gasteiger partial charge on any atom is -0.493 e. The molecule has 0 bridgehead atoms. The van der Waals surface area contributed by atoms with Crippen LogP contribution < -0.4 is 4.74 Å². The van der Waals surface area contributed by atoms with Crippen LogP contribution in [-0.4, -0.2) is 17.7 Å². The van der Waals surface area contributed by atoms with Gasteiger partial charge in [-0.1, -0.05) is 55.3 Å². The van der Waals surface area contributed by atoms with Crippen LogP contribution in [0.5, 0.6) is 5.75 Å². The van der Waals surface area contributed by atoms with Crippen molar-refractivity contribution in [3.8, 4) is 5.75 Å². The first-order valence-electron chi connectivity index (χ1n) is 7.54. The summed E-state index contributed by atoms with van der Waals surface area (Å²) in [5.41, 5.74) is 1.50. The van der Waals surface area contributed by atoms with Gasteiger partial charge in [-0.25, -0.2) is 4.79 Å². The Morgan fingerprint density at radius 3 is 2.61 bits per heavy atom. The smallest absolute Gasteiger partial charge is 0.336 e. The molecule has 0 saturated carbocycles. The maximum Gasteiger partial charge on any atom is 0.336 e. The first kappa shape index (κ1) is 17.1. The molecule has 0 atom stereocenters. The summed E-state index contributed by atoms with van der Waals surface area (Å²) in [7, 11) is 0. The highest BCUT2D eigenvalue weighted by Crippen LogP contribution is 2.28. The Kier molecular flexibility index (Phi) is 6.24. The van der Waals surface area contributed by atoms with E-state index < -0.39 is 5.97 Å². The van der Waals surface area contributed by atoms with Crippen LogP contribution in [0.25, 0.3) is 11.6 Å². The summed E-state index contributed by atoms with van der Waals surface area (Å²) in [5, 5.41) is 10.1. The number of carbonyl (C=O) groups is 1. The highest BCUT2D eigenvalue weighted by molar-refractivity contribution is 6.31. The van der Waals surface area contributed by atoms with Crippen molar-refractivity contribution in [1.29, 1.82) is 0 Å². The van der Waals surface area contributed by atoms with Gasteiger partial charge in [-0.3, -0.25) is 0 Å². The van der Waals surface area contributed by atoms with Gasteiger partial charge in [0.25, 0.3) is 0 Å². The van der Waals surface area contributed by atoms with Crippen molar-refractivity contribution in [1.82, 2.24) is 0 Å². The van der Waals surface area contributed by atoms with Crippen molar-refractivity contribution in [2.45, 2.75) is 19.8 Å². The zero-order chi connectivity index (χ0) is 16.7. The molecular formula is C19H19ClO3. The molecule has 0 aromatic heterocycles. The zero-order valence-corrected chi connectivity index (χ0v) is 13.7. The lowest BCUT2D eigenvalue weighted by Crippen LogP contribution is -2.01. The first-order valence-corrected chi connectivity index (χ1v) is 7.92. The Morgan fingerprint density at radius 1 is 1.22 bits per heavy atom.